The zero-order valence-electron chi connectivity index (χ0n) is 10.9. The molecule has 2 aromatic carbocycles. The average molecular weight is 333 g/mol. The van der Waals surface area contributed by atoms with Gasteiger partial charge in [-0.2, -0.15) is 5.26 Å². The number of fused-ring (bicyclic) bond motifs is 1. The summed E-state index contributed by atoms with van der Waals surface area (Å²) in [5, 5.41) is 14.8. The van der Waals surface area contributed by atoms with E-state index in [1.807, 2.05) is 18.2 Å². The van der Waals surface area contributed by atoms with Gasteiger partial charge in [0.1, 0.15) is 6.07 Å². The Morgan fingerprint density at radius 1 is 1.14 bits per heavy atom. The molecule has 2 nitrogen and oxygen atoms in total. The molecule has 5 heteroatoms. The lowest BCUT2D eigenvalue weighted by Crippen LogP contribution is -2.00. The van der Waals surface area contributed by atoms with Crippen molar-refractivity contribution in [1.29, 1.82) is 5.26 Å². The molecule has 0 aliphatic rings. The number of rotatable bonds is 3. The highest BCUT2D eigenvalue weighted by Crippen LogP contribution is 2.35. The minimum Gasteiger partial charge on any atom is -0.379 e. The lowest BCUT2D eigenvalue weighted by molar-refractivity contribution is 1.19. The molecule has 0 aliphatic carbocycles. The van der Waals surface area contributed by atoms with Gasteiger partial charge in [-0.25, -0.2) is 0 Å². The van der Waals surface area contributed by atoms with Crippen LogP contribution < -0.4 is 5.32 Å². The summed E-state index contributed by atoms with van der Waals surface area (Å²) in [7, 11) is 0. The van der Waals surface area contributed by atoms with Gasteiger partial charge in [-0.1, -0.05) is 41.4 Å². The third-order valence-electron chi connectivity index (χ3n) is 3.14. The van der Waals surface area contributed by atoms with Gasteiger partial charge in [-0.3, -0.25) is 0 Å². The van der Waals surface area contributed by atoms with Crippen LogP contribution in [0.1, 0.15) is 10.4 Å². The van der Waals surface area contributed by atoms with E-state index >= 15 is 0 Å². The quantitative estimate of drug-likeness (QED) is 0.668. The minimum absolute atomic E-state index is 0.563. The Hall–Kier alpha value is -1.73. The smallest absolute Gasteiger partial charge is 0.101 e. The molecule has 104 valence electrons. The van der Waals surface area contributed by atoms with Gasteiger partial charge in [0.25, 0.3) is 0 Å². The van der Waals surface area contributed by atoms with E-state index in [0.29, 0.717) is 17.1 Å². The second-order valence-electron chi connectivity index (χ2n) is 4.49. The number of nitriles is 1. The maximum atomic E-state index is 9.12. The third kappa shape index (κ3) is 2.84. The van der Waals surface area contributed by atoms with E-state index in [4.69, 9.17) is 28.5 Å². The zero-order chi connectivity index (χ0) is 14.8. The van der Waals surface area contributed by atoms with Crippen LogP contribution in [0, 0.1) is 11.3 Å². The maximum absolute atomic E-state index is 9.12. The first-order chi connectivity index (χ1) is 10.2. The molecule has 0 fully saturated rings. The summed E-state index contributed by atoms with van der Waals surface area (Å²) in [5.74, 6) is 0. The number of anilines is 1. The van der Waals surface area contributed by atoms with Crippen molar-refractivity contribution in [2.24, 2.45) is 0 Å². The fraction of sp³-hybridized carbons (Fsp3) is 0.0625. The van der Waals surface area contributed by atoms with Crippen LogP contribution in [0.5, 0.6) is 0 Å². The van der Waals surface area contributed by atoms with Crippen LogP contribution in [0.25, 0.3) is 10.1 Å². The van der Waals surface area contributed by atoms with E-state index in [9.17, 15) is 0 Å². The SMILES string of the molecule is N#Cc1ccc(Cl)cc1NCc1sc2ccccc2c1Cl. The van der Waals surface area contributed by atoms with Crippen molar-refractivity contribution in [2.75, 3.05) is 5.32 Å². The fourth-order valence-electron chi connectivity index (χ4n) is 2.11. The molecule has 1 heterocycles. The molecule has 1 aromatic heterocycles. The van der Waals surface area contributed by atoms with Gasteiger partial charge >= 0.3 is 0 Å². The summed E-state index contributed by atoms with van der Waals surface area (Å²) < 4.78 is 1.16. The van der Waals surface area contributed by atoms with Gasteiger partial charge in [0.2, 0.25) is 0 Å². The number of nitrogens with zero attached hydrogens (tertiary/aromatic N) is 1. The van der Waals surface area contributed by atoms with E-state index in [-0.39, 0.29) is 0 Å². The molecule has 0 radical (unpaired) electrons. The molecule has 0 aliphatic heterocycles. The van der Waals surface area contributed by atoms with Crippen LogP contribution in [-0.2, 0) is 6.54 Å². The Morgan fingerprint density at radius 2 is 1.95 bits per heavy atom. The highest BCUT2D eigenvalue weighted by molar-refractivity contribution is 7.19. The zero-order valence-corrected chi connectivity index (χ0v) is 13.2. The number of hydrogen-bond acceptors (Lipinski definition) is 3. The molecule has 0 spiro atoms. The summed E-state index contributed by atoms with van der Waals surface area (Å²) in [6.07, 6.45) is 0. The van der Waals surface area contributed by atoms with Crippen LogP contribution in [-0.4, -0.2) is 0 Å². The highest BCUT2D eigenvalue weighted by atomic mass is 35.5. The van der Waals surface area contributed by atoms with E-state index in [1.165, 1.54) is 0 Å². The van der Waals surface area contributed by atoms with Crippen LogP contribution in [0.4, 0.5) is 5.69 Å². The van der Waals surface area contributed by atoms with E-state index in [2.05, 4.69) is 17.5 Å². The van der Waals surface area contributed by atoms with Gasteiger partial charge in [-0.15, -0.1) is 11.3 Å². The van der Waals surface area contributed by atoms with Crippen molar-refractivity contribution in [3.05, 3.63) is 63.0 Å². The topological polar surface area (TPSA) is 35.8 Å². The summed E-state index contributed by atoms with van der Waals surface area (Å²) in [6.45, 7) is 0.563. The number of halogens is 2. The lowest BCUT2D eigenvalue weighted by Gasteiger charge is -2.07. The number of hydrogen-bond donors (Lipinski definition) is 1. The maximum Gasteiger partial charge on any atom is 0.101 e. The molecule has 1 N–H and O–H groups in total. The summed E-state index contributed by atoms with van der Waals surface area (Å²) in [5.41, 5.74) is 1.29. The van der Waals surface area contributed by atoms with Crippen LogP contribution >= 0.6 is 34.5 Å². The van der Waals surface area contributed by atoms with Gasteiger partial charge < -0.3 is 5.32 Å². The summed E-state index contributed by atoms with van der Waals surface area (Å²) in [4.78, 5) is 1.04. The van der Waals surface area contributed by atoms with Crippen LogP contribution in [0.15, 0.2) is 42.5 Å². The molecule has 0 bridgehead atoms. The Balaban J connectivity index is 1.89. The second kappa shape index (κ2) is 5.95. The standard InChI is InChI=1S/C16H10Cl2N2S/c17-11-6-5-10(8-19)13(7-11)20-9-15-16(18)12-3-1-2-4-14(12)21-15/h1-7,20H,9H2. The van der Waals surface area contributed by atoms with Crippen molar-refractivity contribution < 1.29 is 0 Å². The largest absolute Gasteiger partial charge is 0.379 e. The fourth-order valence-corrected chi connectivity index (χ4v) is 3.73. The number of benzene rings is 2. The van der Waals surface area contributed by atoms with E-state index < -0.39 is 0 Å². The van der Waals surface area contributed by atoms with Crippen molar-refractivity contribution in [3.8, 4) is 6.07 Å². The molecule has 21 heavy (non-hydrogen) atoms. The van der Waals surface area contributed by atoms with Gasteiger partial charge in [0.05, 0.1) is 22.8 Å². The molecule has 0 unspecified atom stereocenters. The van der Waals surface area contributed by atoms with Gasteiger partial charge in [0.15, 0.2) is 0 Å². The van der Waals surface area contributed by atoms with Gasteiger partial charge in [0, 0.05) is 20.0 Å². The predicted molar refractivity (Wildman–Crippen MR) is 90.3 cm³/mol. The van der Waals surface area contributed by atoms with Crippen molar-refractivity contribution in [3.63, 3.8) is 0 Å². The van der Waals surface area contributed by atoms with Gasteiger partial charge in [-0.05, 0) is 24.3 Å². The molecule has 3 rings (SSSR count). The van der Waals surface area contributed by atoms with Crippen LogP contribution in [0.3, 0.4) is 0 Å². The molecule has 0 amide bonds. The van der Waals surface area contributed by atoms with Crippen molar-refractivity contribution in [1.82, 2.24) is 0 Å². The third-order valence-corrected chi connectivity index (χ3v) is 5.09. The summed E-state index contributed by atoms with van der Waals surface area (Å²) >= 11 is 14.0. The lowest BCUT2D eigenvalue weighted by atomic mass is 10.2. The molecule has 0 saturated heterocycles. The second-order valence-corrected chi connectivity index (χ2v) is 6.44. The Bertz CT molecular complexity index is 849. The van der Waals surface area contributed by atoms with E-state index in [1.54, 1.807) is 29.5 Å². The number of nitrogens with one attached hydrogen (secondary N) is 1. The van der Waals surface area contributed by atoms with Crippen LogP contribution in [0.2, 0.25) is 10.0 Å². The first kappa shape index (κ1) is 14.2. The van der Waals surface area contributed by atoms with Crippen molar-refractivity contribution in [2.45, 2.75) is 6.54 Å². The molecule has 3 aromatic rings. The normalized spacial score (nSPS) is 10.5. The molecular formula is C16H10Cl2N2S. The summed E-state index contributed by atoms with van der Waals surface area (Å²) in [6, 6.07) is 15.3. The Labute approximate surface area is 136 Å². The molecule has 0 saturated carbocycles. The predicted octanol–water partition coefficient (Wildman–Crippen LogP) is 5.69. The molecule has 0 atom stereocenters. The first-order valence-corrected chi connectivity index (χ1v) is 7.85. The minimum atomic E-state index is 0.563. The monoisotopic (exact) mass is 332 g/mol. The highest BCUT2D eigenvalue weighted by Gasteiger charge is 2.10. The first-order valence-electron chi connectivity index (χ1n) is 6.28. The Morgan fingerprint density at radius 3 is 2.71 bits per heavy atom. The average Bonchev–Trinajstić information content (AvgIpc) is 2.82. The molecular weight excluding hydrogens is 323 g/mol. The van der Waals surface area contributed by atoms with Crippen molar-refractivity contribution >= 4 is 50.3 Å². The van der Waals surface area contributed by atoms with E-state index in [0.717, 1.165) is 25.7 Å². The number of thiophene rings is 1. The Kier molecular flexibility index (Phi) is 4.03.